The van der Waals surface area contributed by atoms with Crippen molar-refractivity contribution in [3.8, 4) is 11.4 Å². The second-order valence-electron chi connectivity index (χ2n) is 4.46. The van der Waals surface area contributed by atoms with Crippen molar-refractivity contribution < 1.29 is 10.2 Å². The number of anilines is 1. The Morgan fingerprint density at radius 1 is 1.24 bits per heavy atom. The van der Waals surface area contributed by atoms with Crippen LogP contribution in [0, 0.1) is 0 Å². The Morgan fingerprint density at radius 3 is 2.67 bits per heavy atom. The van der Waals surface area contributed by atoms with Crippen LogP contribution in [-0.2, 0) is 0 Å². The molecular formula is C15H19N3O2S. The van der Waals surface area contributed by atoms with Crippen LogP contribution in [0.15, 0.2) is 41.4 Å². The summed E-state index contributed by atoms with van der Waals surface area (Å²) in [4.78, 5) is 9.00. The number of nitrogens with one attached hydrogen (secondary N) is 1. The second-order valence-corrected chi connectivity index (χ2v) is 5.50. The van der Waals surface area contributed by atoms with Crippen LogP contribution in [0.5, 0.6) is 0 Å². The Bertz CT molecular complexity index is 566. The van der Waals surface area contributed by atoms with Crippen molar-refractivity contribution in [3.63, 3.8) is 0 Å². The number of benzene rings is 1. The second kappa shape index (κ2) is 7.97. The van der Waals surface area contributed by atoms with E-state index in [0.29, 0.717) is 11.6 Å². The lowest BCUT2D eigenvalue weighted by Gasteiger charge is -2.10. The van der Waals surface area contributed by atoms with Gasteiger partial charge in [0.25, 0.3) is 0 Å². The van der Waals surface area contributed by atoms with Gasteiger partial charge in [0.05, 0.1) is 12.7 Å². The van der Waals surface area contributed by atoms with Gasteiger partial charge in [0, 0.05) is 23.9 Å². The Balaban J connectivity index is 2.26. The van der Waals surface area contributed by atoms with Gasteiger partial charge in [-0.25, -0.2) is 9.97 Å². The highest BCUT2D eigenvalue weighted by molar-refractivity contribution is 7.99. The first-order valence-electron chi connectivity index (χ1n) is 6.83. The van der Waals surface area contributed by atoms with Crippen LogP contribution in [0.2, 0.25) is 0 Å². The van der Waals surface area contributed by atoms with Gasteiger partial charge in [0.2, 0.25) is 0 Å². The van der Waals surface area contributed by atoms with E-state index in [4.69, 9.17) is 5.11 Å². The molecule has 0 aliphatic rings. The van der Waals surface area contributed by atoms with Crippen molar-refractivity contribution in [2.75, 3.05) is 24.2 Å². The van der Waals surface area contributed by atoms with Crippen LogP contribution in [-0.4, -0.2) is 45.2 Å². The molecule has 112 valence electrons. The smallest absolute Gasteiger partial charge is 0.162 e. The quantitative estimate of drug-likeness (QED) is 0.536. The number of hydrogen-bond donors (Lipinski definition) is 3. The maximum Gasteiger partial charge on any atom is 0.162 e. The normalized spacial score (nSPS) is 12.1. The minimum absolute atomic E-state index is 0.246. The van der Waals surface area contributed by atoms with E-state index in [1.54, 1.807) is 0 Å². The molecule has 5 nitrogen and oxygen atoms in total. The molecular weight excluding hydrogens is 286 g/mol. The third kappa shape index (κ3) is 4.70. The molecule has 0 spiro atoms. The average molecular weight is 305 g/mol. The molecule has 6 heteroatoms. The molecule has 1 unspecified atom stereocenters. The SMILES string of the molecule is CCNc1cc(SCC(O)CO)nc(-c2ccccc2)n1. The largest absolute Gasteiger partial charge is 0.394 e. The number of aromatic nitrogens is 2. The number of nitrogens with zero attached hydrogens (tertiary/aromatic N) is 2. The topological polar surface area (TPSA) is 78.3 Å². The summed E-state index contributed by atoms with van der Waals surface area (Å²) in [6, 6.07) is 11.6. The lowest BCUT2D eigenvalue weighted by atomic mass is 10.2. The molecule has 1 heterocycles. The zero-order chi connectivity index (χ0) is 15.1. The fraction of sp³-hybridized carbons (Fsp3) is 0.333. The number of thioether (sulfide) groups is 1. The molecule has 0 saturated heterocycles. The molecule has 1 aromatic heterocycles. The maximum absolute atomic E-state index is 9.45. The van der Waals surface area contributed by atoms with Crippen LogP contribution in [0.4, 0.5) is 5.82 Å². The highest BCUT2D eigenvalue weighted by Crippen LogP contribution is 2.24. The zero-order valence-corrected chi connectivity index (χ0v) is 12.7. The molecule has 0 aliphatic heterocycles. The lowest BCUT2D eigenvalue weighted by Crippen LogP contribution is -2.14. The zero-order valence-electron chi connectivity index (χ0n) is 11.9. The van der Waals surface area contributed by atoms with Gasteiger partial charge in [-0.3, -0.25) is 0 Å². The van der Waals surface area contributed by atoms with E-state index in [1.165, 1.54) is 11.8 Å². The van der Waals surface area contributed by atoms with E-state index < -0.39 is 6.10 Å². The van der Waals surface area contributed by atoms with Crippen molar-refractivity contribution in [3.05, 3.63) is 36.4 Å². The maximum atomic E-state index is 9.45. The molecule has 0 radical (unpaired) electrons. The number of aliphatic hydroxyl groups is 2. The first-order valence-corrected chi connectivity index (χ1v) is 7.81. The van der Waals surface area contributed by atoms with Gasteiger partial charge in [-0.15, -0.1) is 11.8 Å². The van der Waals surface area contributed by atoms with Crippen LogP contribution in [0.3, 0.4) is 0 Å². The van der Waals surface area contributed by atoms with E-state index in [-0.39, 0.29) is 6.61 Å². The molecule has 1 aromatic carbocycles. The van der Waals surface area contributed by atoms with Gasteiger partial charge >= 0.3 is 0 Å². The number of hydrogen-bond acceptors (Lipinski definition) is 6. The fourth-order valence-electron chi connectivity index (χ4n) is 1.72. The van der Waals surface area contributed by atoms with Crippen molar-refractivity contribution >= 4 is 17.6 Å². The molecule has 1 atom stereocenters. The van der Waals surface area contributed by atoms with E-state index >= 15 is 0 Å². The molecule has 2 aromatic rings. The Kier molecular flexibility index (Phi) is 5.98. The summed E-state index contributed by atoms with van der Waals surface area (Å²) in [6.07, 6.45) is -0.743. The summed E-state index contributed by atoms with van der Waals surface area (Å²) < 4.78 is 0. The van der Waals surface area contributed by atoms with Gasteiger partial charge in [0.15, 0.2) is 5.82 Å². The van der Waals surface area contributed by atoms with E-state index in [0.717, 1.165) is 23.0 Å². The van der Waals surface area contributed by atoms with Gasteiger partial charge in [-0.2, -0.15) is 0 Å². The number of rotatable bonds is 7. The monoisotopic (exact) mass is 305 g/mol. The summed E-state index contributed by atoms with van der Waals surface area (Å²) >= 11 is 1.40. The van der Waals surface area contributed by atoms with Crippen LogP contribution in [0.25, 0.3) is 11.4 Å². The highest BCUT2D eigenvalue weighted by Gasteiger charge is 2.09. The fourth-order valence-corrected chi connectivity index (χ4v) is 2.54. The third-order valence-corrected chi connectivity index (χ3v) is 3.78. The average Bonchev–Trinajstić information content (AvgIpc) is 2.53. The molecule has 0 bridgehead atoms. The minimum atomic E-state index is -0.743. The van der Waals surface area contributed by atoms with Crippen molar-refractivity contribution in [2.45, 2.75) is 18.1 Å². The molecule has 0 saturated carbocycles. The van der Waals surface area contributed by atoms with Crippen molar-refractivity contribution in [1.29, 1.82) is 0 Å². The molecule has 2 rings (SSSR count). The van der Waals surface area contributed by atoms with Crippen LogP contribution >= 0.6 is 11.8 Å². The summed E-state index contributed by atoms with van der Waals surface area (Å²) in [5.74, 6) is 1.80. The summed E-state index contributed by atoms with van der Waals surface area (Å²) in [6.45, 7) is 2.53. The predicted molar refractivity (Wildman–Crippen MR) is 85.4 cm³/mol. The van der Waals surface area contributed by atoms with Crippen LogP contribution < -0.4 is 5.32 Å². The molecule has 21 heavy (non-hydrogen) atoms. The summed E-state index contributed by atoms with van der Waals surface area (Å²) in [7, 11) is 0. The van der Waals surface area contributed by atoms with Gasteiger partial charge in [-0.1, -0.05) is 30.3 Å². The first kappa shape index (κ1) is 15.8. The number of aliphatic hydroxyl groups excluding tert-OH is 2. The molecule has 3 N–H and O–H groups in total. The third-order valence-electron chi connectivity index (χ3n) is 2.73. The molecule has 0 aliphatic carbocycles. The van der Waals surface area contributed by atoms with E-state index in [2.05, 4.69) is 15.3 Å². The standard InChI is InChI=1S/C15H19N3O2S/c1-2-16-13-8-14(21-10-12(20)9-19)18-15(17-13)11-6-4-3-5-7-11/h3-8,12,19-20H,2,9-10H2,1H3,(H,16,17,18). The van der Waals surface area contributed by atoms with E-state index in [1.807, 2.05) is 43.3 Å². The predicted octanol–water partition coefficient (Wildman–Crippen LogP) is 2.02. The lowest BCUT2D eigenvalue weighted by molar-refractivity contribution is 0.113. The van der Waals surface area contributed by atoms with Gasteiger partial charge in [0.1, 0.15) is 10.8 Å². The van der Waals surface area contributed by atoms with Crippen molar-refractivity contribution in [1.82, 2.24) is 9.97 Å². The Labute approximate surface area is 128 Å². The summed E-state index contributed by atoms with van der Waals surface area (Å²) in [5, 5.41) is 22.3. The first-order chi connectivity index (χ1) is 10.2. The summed E-state index contributed by atoms with van der Waals surface area (Å²) in [5.41, 5.74) is 0.946. The Hall–Kier alpha value is -1.63. The van der Waals surface area contributed by atoms with Crippen molar-refractivity contribution in [2.24, 2.45) is 0 Å². The van der Waals surface area contributed by atoms with Gasteiger partial charge in [-0.05, 0) is 6.92 Å². The molecule has 0 fully saturated rings. The van der Waals surface area contributed by atoms with Crippen LogP contribution in [0.1, 0.15) is 6.92 Å². The van der Waals surface area contributed by atoms with E-state index in [9.17, 15) is 5.11 Å². The minimum Gasteiger partial charge on any atom is -0.394 e. The highest BCUT2D eigenvalue weighted by atomic mass is 32.2. The van der Waals surface area contributed by atoms with Gasteiger partial charge < -0.3 is 15.5 Å². The molecule has 0 amide bonds. The Morgan fingerprint density at radius 2 is 2.00 bits per heavy atom.